The van der Waals surface area contributed by atoms with Gasteiger partial charge in [-0.05, 0) is 111 Å². The fourth-order valence-electron chi connectivity index (χ4n) is 7.04. The summed E-state index contributed by atoms with van der Waals surface area (Å²) >= 11 is 0. The highest BCUT2D eigenvalue weighted by molar-refractivity contribution is 5.98. The van der Waals surface area contributed by atoms with Crippen LogP contribution in [0.1, 0.15) is 62.4 Å². The number of piperazine rings is 1. The Morgan fingerprint density at radius 2 is 1.42 bits per heavy atom. The van der Waals surface area contributed by atoms with Gasteiger partial charge in [0.05, 0.1) is 0 Å². The molecule has 2 heterocycles. The number of carboxylic acid groups (broad SMARTS) is 1. The number of hydrogen-bond donors (Lipinski definition) is 5. The predicted octanol–water partition coefficient (Wildman–Crippen LogP) is 4.97. The number of amides is 5. The molecule has 3 aromatic carbocycles. The van der Waals surface area contributed by atoms with Gasteiger partial charge in [0, 0.05) is 61.9 Å². The molecule has 1 aliphatic heterocycles. The summed E-state index contributed by atoms with van der Waals surface area (Å²) in [7, 11) is 0. The molecule has 1 aromatic heterocycles. The topological polar surface area (TPSA) is 212 Å². The summed E-state index contributed by atoms with van der Waals surface area (Å²) in [6.07, 6.45) is 1.61. The SMILES string of the molecule is CC(C)(C)OC(=O)NCC1CCC(C(=O)N[C@@H](Cc2ccc(-c3ccc(C(=O)N4CCN(C(=O)O)CC4)cc3)cc2)C(=O)Nc2ccc(-c3nn[nH]n3)cc2)CC1. The van der Waals surface area contributed by atoms with Gasteiger partial charge in [-0.2, -0.15) is 5.21 Å². The van der Waals surface area contributed by atoms with E-state index in [0.29, 0.717) is 49.6 Å². The van der Waals surface area contributed by atoms with E-state index in [4.69, 9.17) is 4.74 Å². The molecule has 1 atom stereocenters. The van der Waals surface area contributed by atoms with E-state index in [9.17, 15) is 29.1 Å². The molecule has 0 spiro atoms. The fourth-order valence-corrected chi connectivity index (χ4v) is 7.04. The van der Waals surface area contributed by atoms with Crippen LogP contribution < -0.4 is 16.0 Å². The van der Waals surface area contributed by atoms with Gasteiger partial charge in [0.1, 0.15) is 11.6 Å². The molecule has 300 valence electrons. The van der Waals surface area contributed by atoms with Gasteiger partial charge < -0.3 is 35.6 Å². The summed E-state index contributed by atoms with van der Waals surface area (Å²) in [5.41, 5.74) is 3.87. The molecule has 4 aromatic rings. The van der Waals surface area contributed by atoms with Gasteiger partial charge in [0.2, 0.25) is 17.6 Å². The molecular weight excluding hydrogens is 731 g/mol. The minimum atomic E-state index is -0.980. The second-order valence-corrected chi connectivity index (χ2v) is 15.5. The third-order valence-corrected chi connectivity index (χ3v) is 10.2. The molecule has 16 nitrogen and oxygen atoms in total. The lowest BCUT2D eigenvalue weighted by atomic mass is 9.81. The molecule has 57 heavy (non-hydrogen) atoms. The maximum atomic E-state index is 13.8. The summed E-state index contributed by atoms with van der Waals surface area (Å²) in [5, 5.41) is 32.0. The van der Waals surface area contributed by atoms with Crippen LogP contribution in [-0.2, 0) is 20.7 Å². The largest absolute Gasteiger partial charge is 0.465 e. The number of nitrogens with one attached hydrogen (secondary N) is 4. The first kappa shape index (κ1) is 40.3. The van der Waals surface area contributed by atoms with Crippen molar-refractivity contribution in [1.82, 2.24) is 41.1 Å². The minimum absolute atomic E-state index is 0.139. The second-order valence-electron chi connectivity index (χ2n) is 15.5. The van der Waals surface area contributed by atoms with E-state index in [1.165, 1.54) is 4.90 Å². The Balaban J connectivity index is 1.08. The van der Waals surface area contributed by atoms with E-state index >= 15 is 0 Å². The first-order chi connectivity index (χ1) is 27.3. The Morgan fingerprint density at radius 1 is 0.825 bits per heavy atom. The van der Waals surface area contributed by atoms with Gasteiger partial charge in [-0.1, -0.05) is 36.4 Å². The summed E-state index contributed by atoms with van der Waals surface area (Å²) in [6.45, 7) is 7.18. The molecular formula is C41H49N9O7. The van der Waals surface area contributed by atoms with Crippen LogP contribution in [0.15, 0.2) is 72.8 Å². The number of ether oxygens (including phenoxy) is 1. The van der Waals surface area contributed by atoms with Crippen molar-refractivity contribution < 1.29 is 33.8 Å². The average Bonchev–Trinajstić information content (AvgIpc) is 3.75. The average molecular weight is 780 g/mol. The zero-order valence-corrected chi connectivity index (χ0v) is 32.4. The normalized spacial score (nSPS) is 17.6. The molecule has 2 aliphatic rings. The van der Waals surface area contributed by atoms with Crippen LogP contribution in [-0.4, -0.2) is 110 Å². The first-order valence-electron chi connectivity index (χ1n) is 19.2. The number of anilines is 1. The van der Waals surface area contributed by atoms with E-state index in [-0.39, 0.29) is 49.1 Å². The standard InChI is InChI=1S/C41H49N9O7/c1-41(2,3)57-39(54)42-25-27-6-10-31(11-7-27)36(51)44-34(37(52)43-33-18-16-30(17-19-33)35-45-47-48-46-35)24-26-4-8-28(9-5-26)29-12-14-32(15-13-29)38(53)49-20-22-50(23-21-49)40(55)56/h4-5,8-9,12-19,27,31,34H,6-7,10-11,20-25H2,1-3H3,(H,42,54)(H,43,52)(H,44,51)(H,55,56)(H,45,46,47,48)/t27?,31?,34-/m0/s1. The molecule has 0 radical (unpaired) electrons. The van der Waals surface area contributed by atoms with E-state index in [0.717, 1.165) is 35.1 Å². The van der Waals surface area contributed by atoms with Gasteiger partial charge in [0.15, 0.2) is 0 Å². The smallest absolute Gasteiger partial charge is 0.407 e. The molecule has 6 rings (SSSR count). The maximum Gasteiger partial charge on any atom is 0.407 e. The van der Waals surface area contributed by atoms with Crippen LogP contribution in [0.5, 0.6) is 0 Å². The van der Waals surface area contributed by atoms with Crippen molar-refractivity contribution in [2.24, 2.45) is 11.8 Å². The number of benzene rings is 3. The summed E-state index contributed by atoms with van der Waals surface area (Å²) < 4.78 is 5.35. The zero-order valence-electron chi connectivity index (χ0n) is 32.4. The van der Waals surface area contributed by atoms with Crippen LogP contribution in [0.2, 0.25) is 0 Å². The number of carbonyl (C=O) groups is 5. The number of aromatic amines is 1. The van der Waals surface area contributed by atoms with Crippen LogP contribution in [0.3, 0.4) is 0 Å². The van der Waals surface area contributed by atoms with Gasteiger partial charge >= 0.3 is 12.2 Å². The van der Waals surface area contributed by atoms with Gasteiger partial charge in [0.25, 0.3) is 5.91 Å². The Bertz CT molecular complexity index is 2000. The molecule has 1 saturated heterocycles. The molecule has 0 bridgehead atoms. The second kappa shape index (κ2) is 18.1. The Hall–Kier alpha value is -6.32. The van der Waals surface area contributed by atoms with Crippen molar-refractivity contribution in [2.75, 3.05) is 38.0 Å². The highest BCUT2D eigenvalue weighted by Gasteiger charge is 2.31. The van der Waals surface area contributed by atoms with Gasteiger partial charge in [-0.3, -0.25) is 14.4 Å². The van der Waals surface area contributed by atoms with Crippen LogP contribution in [0.4, 0.5) is 15.3 Å². The highest BCUT2D eigenvalue weighted by Crippen LogP contribution is 2.29. The molecule has 5 amide bonds. The lowest BCUT2D eigenvalue weighted by molar-refractivity contribution is -0.130. The van der Waals surface area contributed by atoms with Crippen LogP contribution in [0.25, 0.3) is 22.5 Å². The number of tetrazole rings is 1. The lowest BCUT2D eigenvalue weighted by Crippen LogP contribution is -2.50. The third-order valence-electron chi connectivity index (χ3n) is 10.2. The van der Waals surface area contributed by atoms with E-state index in [1.807, 2.05) is 57.2 Å². The number of H-pyrrole nitrogens is 1. The predicted molar refractivity (Wildman–Crippen MR) is 211 cm³/mol. The minimum Gasteiger partial charge on any atom is -0.465 e. The molecule has 2 fully saturated rings. The number of hydrogen-bond acceptors (Lipinski definition) is 9. The number of rotatable bonds is 11. The molecule has 1 aliphatic carbocycles. The van der Waals surface area contributed by atoms with E-state index in [1.54, 1.807) is 41.3 Å². The summed E-state index contributed by atoms with van der Waals surface area (Å²) in [4.78, 5) is 66.9. The van der Waals surface area contributed by atoms with E-state index < -0.39 is 23.8 Å². The Kier molecular flexibility index (Phi) is 12.8. The van der Waals surface area contributed by atoms with Gasteiger partial charge in [-0.15, -0.1) is 10.2 Å². The third kappa shape index (κ3) is 11.1. The number of aromatic nitrogens is 4. The molecule has 1 saturated carbocycles. The zero-order chi connectivity index (χ0) is 40.5. The van der Waals surface area contributed by atoms with Crippen molar-refractivity contribution in [3.63, 3.8) is 0 Å². The van der Waals surface area contributed by atoms with Crippen molar-refractivity contribution in [3.8, 4) is 22.5 Å². The monoisotopic (exact) mass is 779 g/mol. The van der Waals surface area contributed by atoms with Gasteiger partial charge in [-0.25, -0.2) is 9.59 Å². The van der Waals surface area contributed by atoms with Crippen LogP contribution >= 0.6 is 0 Å². The van der Waals surface area contributed by atoms with Crippen molar-refractivity contribution in [3.05, 3.63) is 83.9 Å². The quantitative estimate of drug-likeness (QED) is 0.138. The van der Waals surface area contributed by atoms with Crippen molar-refractivity contribution >= 4 is 35.6 Å². The molecule has 5 N–H and O–H groups in total. The van der Waals surface area contributed by atoms with Crippen molar-refractivity contribution in [1.29, 1.82) is 0 Å². The van der Waals surface area contributed by atoms with Crippen LogP contribution in [0, 0.1) is 11.8 Å². The van der Waals surface area contributed by atoms with Crippen molar-refractivity contribution in [2.45, 2.75) is 64.5 Å². The summed E-state index contributed by atoms with van der Waals surface area (Å²) in [6, 6.07) is 21.2. The Labute approximate surface area is 330 Å². The fraction of sp³-hybridized carbons (Fsp3) is 0.415. The summed E-state index contributed by atoms with van der Waals surface area (Å²) in [5.74, 6) is -0.295. The molecule has 16 heteroatoms. The molecule has 0 unspecified atom stereocenters. The lowest BCUT2D eigenvalue weighted by Gasteiger charge is -2.33. The number of carbonyl (C=O) groups excluding carboxylic acids is 4. The number of nitrogens with zero attached hydrogens (tertiary/aromatic N) is 5. The maximum absolute atomic E-state index is 13.8. The van der Waals surface area contributed by atoms with E-state index in [2.05, 4.69) is 36.6 Å². The Morgan fingerprint density at radius 3 is 2.00 bits per heavy atom. The number of alkyl carbamates (subject to hydrolysis) is 1. The highest BCUT2D eigenvalue weighted by atomic mass is 16.6. The first-order valence-corrected chi connectivity index (χ1v) is 19.2.